The van der Waals surface area contributed by atoms with Crippen LogP contribution in [0.5, 0.6) is 0 Å². The van der Waals surface area contributed by atoms with E-state index in [0.29, 0.717) is 25.8 Å². The average molecular weight is 306 g/mol. The van der Waals surface area contributed by atoms with Crippen LogP contribution < -0.4 is 5.32 Å². The van der Waals surface area contributed by atoms with Gasteiger partial charge in [-0.05, 0) is 25.7 Å². The van der Waals surface area contributed by atoms with E-state index >= 15 is 0 Å². The molecule has 0 aromatic rings. The Hall–Kier alpha value is -1.15. The molecule has 1 rings (SSSR count). The number of hydrogen-bond acceptors (Lipinski definition) is 5. The van der Waals surface area contributed by atoms with Gasteiger partial charge in [-0.25, -0.2) is 8.42 Å². The van der Waals surface area contributed by atoms with E-state index in [9.17, 15) is 18.0 Å². The molecule has 1 saturated heterocycles. The first kappa shape index (κ1) is 16.9. The molecule has 1 aliphatic heterocycles. The summed E-state index contributed by atoms with van der Waals surface area (Å²) in [6.07, 6.45) is 2.53. The normalized spacial score (nSPS) is 20.6. The topological polar surface area (TPSA) is 104 Å². The Morgan fingerprint density at radius 3 is 2.55 bits per heavy atom. The SMILES string of the molecule is CN(C(=O)C(=O)NCCCCCO)C1CCS(=O)(=O)C1. The second kappa shape index (κ2) is 7.58. The molecule has 2 amide bonds. The minimum absolute atomic E-state index is 0.0675. The molecule has 116 valence electrons. The van der Waals surface area contributed by atoms with Crippen molar-refractivity contribution in [3.8, 4) is 0 Å². The lowest BCUT2D eigenvalue weighted by atomic mass is 10.2. The smallest absolute Gasteiger partial charge is 0.311 e. The molecule has 0 aliphatic carbocycles. The molecule has 0 bridgehead atoms. The van der Waals surface area contributed by atoms with Gasteiger partial charge in [0.15, 0.2) is 9.84 Å². The van der Waals surface area contributed by atoms with Gasteiger partial charge in [-0.2, -0.15) is 0 Å². The molecule has 0 saturated carbocycles. The van der Waals surface area contributed by atoms with Crippen molar-refractivity contribution in [1.82, 2.24) is 10.2 Å². The van der Waals surface area contributed by atoms with E-state index in [2.05, 4.69) is 5.32 Å². The monoisotopic (exact) mass is 306 g/mol. The number of aliphatic hydroxyl groups excluding tert-OH is 1. The molecule has 0 aromatic heterocycles. The lowest BCUT2D eigenvalue weighted by Crippen LogP contribution is -2.46. The summed E-state index contributed by atoms with van der Waals surface area (Å²) < 4.78 is 22.7. The number of aliphatic hydroxyl groups is 1. The number of nitrogens with one attached hydrogen (secondary N) is 1. The second-order valence-corrected chi connectivity index (χ2v) is 7.24. The third kappa shape index (κ3) is 5.09. The maximum Gasteiger partial charge on any atom is 0.311 e. The number of nitrogens with zero attached hydrogens (tertiary/aromatic N) is 1. The summed E-state index contributed by atoms with van der Waals surface area (Å²) in [6.45, 7) is 0.493. The van der Waals surface area contributed by atoms with Crippen molar-refractivity contribution in [2.75, 3.05) is 31.7 Å². The van der Waals surface area contributed by atoms with Crippen molar-refractivity contribution >= 4 is 21.7 Å². The van der Waals surface area contributed by atoms with Crippen LogP contribution in [0.2, 0.25) is 0 Å². The van der Waals surface area contributed by atoms with Crippen LogP contribution in [0.1, 0.15) is 25.7 Å². The molecule has 1 fully saturated rings. The van der Waals surface area contributed by atoms with Gasteiger partial charge >= 0.3 is 11.8 Å². The van der Waals surface area contributed by atoms with Gasteiger partial charge in [-0.3, -0.25) is 9.59 Å². The van der Waals surface area contributed by atoms with E-state index in [0.717, 1.165) is 6.42 Å². The predicted molar refractivity (Wildman–Crippen MR) is 73.8 cm³/mol. The molecule has 1 heterocycles. The largest absolute Gasteiger partial charge is 0.396 e. The minimum Gasteiger partial charge on any atom is -0.396 e. The zero-order chi connectivity index (χ0) is 15.2. The highest BCUT2D eigenvalue weighted by Gasteiger charge is 2.34. The van der Waals surface area contributed by atoms with Crippen LogP contribution in [0, 0.1) is 0 Å². The lowest BCUT2D eigenvalue weighted by Gasteiger charge is -2.22. The van der Waals surface area contributed by atoms with E-state index in [1.54, 1.807) is 0 Å². The Morgan fingerprint density at radius 1 is 1.30 bits per heavy atom. The number of unbranched alkanes of at least 4 members (excludes halogenated alkanes) is 2. The van der Waals surface area contributed by atoms with Crippen LogP contribution in [0.4, 0.5) is 0 Å². The Balaban J connectivity index is 2.35. The van der Waals surface area contributed by atoms with E-state index < -0.39 is 27.7 Å². The molecule has 1 unspecified atom stereocenters. The number of hydrogen-bond donors (Lipinski definition) is 2. The van der Waals surface area contributed by atoms with E-state index in [-0.39, 0.29) is 18.1 Å². The number of amides is 2. The summed E-state index contributed by atoms with van der Waals surface area (Å²) in [5, 5.41) is 11.1. The highest BCUT2D eigenvalue weighted by molar-refractivity contribution is 7.91. The molecule has 20 heavy (non-hydrogen) atoms. The summed E-state index contributed by atoms with van der Waals surface area (Å²) in [5.74, 6) is -1.41. The van der Waals surface area contributed by atoms with Crippen LogP contribution in [-0.2, 0) is 19.4 Å². The first-order chi connectivity index (χ1) is 9.37. The third-order valence-corrected chi connectivity index (χ3v) is 5.14. The van der Waals surface area contributed by atoms with E-state index in [1.807, 2.05) is 0 Å². The van der Waals surface area contributed by atoms with Crippen molar-refractivity contribution in [1.29, 1.82) is 0 Å². The number of carbonyl (C=O) groups excluding carboxylic acids is 2. The summed E-state index contributed by atoms with van der Waals surface area (Å²) in [4.78, 5) is 24.7. The summed E-state index contributed by atoms with van der Waals surface area (Å²) in [6, 6.07) is -0.410. The number of likely N-dealkylation sites (N-methyl/N-ethyl adjacent to an activating group) is 1. The van der Waals surface area contributed by atoms with Gasteiger partial charge in [-0.1, -0.05) is 0 Å². The summed E-state index contributed by atoms with van der Waals surface area (Å²) >= 11 is 0. The van der Waals surface area contributed by atoms with Crippen molar-refractivity contribution in [2.24, 2.45) is 0 Å². The fourth-order valence-electron chi connectivity index (χ4n) is 2.10. The molecular weight excluding hydrogens is 284 g/mol. The maximum absolute atomic E-state index is 11.8. The Labute approximate surface area is 119 Å². The van der Waals surface area contributed by atoms with Crippen LogP contribution in [0.25, 0.3) is 0 Å². The van der Waals surface area contributed by atoms with Crippen LogP contribution >= 0.6 is 0 Å². The van der Waals surface area contributed by atoms with Crippen molar-refractivity contribution in [3.05, 3.63) is 0 Å². The number of sulfone groups is 1. The molecule has 7 nitrogen and oxygen atoms in total. The average Bonchev–Trinajstić information content (AvgIpc) is 2.77. The summed E-state index contributed by atoms with van der Waals surface area (Å²) in [7, 11) is -1.62. The fourth-order valence-corrected chi connectivity index (χ4v) is 3.87. The minimum atomic E-state index is -3.08. The van der Waals surface area contributed by atoms with Crippen molar-refractivity contribution in [2.45, 2.75) is 31.7 Å². The Bertz CT molecular complexity index is 449. The molecule has 0 aromatic carbocycles. The highest BCUT2D eigenvalue weighted by atomic mass is 32.2. The third-order valence-electron chi connectivity index (χ3n) is 3.39. The van der Waals surface area contributed by atoms with Crippen molar-refractivity contribution < 1.29 is 23.1 Å². The standard InChI is InChI=1S/C12H22N2O5S/c1-14(10-5-8-20(18,19)9-10)12(17)11(16)13-6-3-2-4-7-15/h10,15H,2-9H2,1H3,(H,13,16). The van der Waals surface area contributed by atoms with Crippen molar-refractivity contribution in [3.63, 3.8) is 0 Å². The number of carbonyl (C=O) groups is 2. The molecule has 0 radical (unpaired) electrons. The first-order valence-corrected chi connectivity index (χ1v) is 8.56. The Morgan fingerprint density at radius 2 is 2.00 bits per heavy atom. The van der Waals surface area contributed by atoms with Gasteiger partial charge in [0, 0.05) is 26.2 Å². The van der Waals surface area contributed by atoms with Gasteiger partial charge in [-0.15, -0.1) is 0 Å². The summed E-state index contributed by atoms with van der Waals surface area (Å²) in [5.41, 5.74) is 0. The highest BCUT2D eigenvalue weighted by Crippen LogP contribution is 2.16. The molecule has 2 N–H and O–H groups in total. The second-order valence-electron chi connectivity index (χ2n) is 5.01. The van der Waals surface area contributed by atoms with Gasteiger partial charge in [0.2, 0.25) is 0 Å². The predicted octanol–water partition coefficient (Wildman–Crippen LogP) is -1.09. The molecule has 1 aliphatic rings. The van der Waals surface area contributed by atoms with Gasteiger partial charge in [0.25, 0.3) is 0 Å². The number of rotatable bonds is 6. The molecule has 8 heteroatoms. The first-order valence-electron chi connectivity index (χ1n) is 6.73. The van der Waals surface area contributed by atoms with Crippen LogP contribution in [-0.4, -0.2) is 68.0 Å². The fraction of sp³-hybridized carbons (Fsp3) is 0.833. The van der Waals surface area contributed by atoms with Crippen LogP contribution in [0.15, 0.2) is 0 Å². The maximum atomic E-state index is 11.8. The van der Waals surface area contributed by atoms with Crippen LogP contribution in [0.3, 0.4) is 0 Å². The van der Waals surface area contributed by atoms with Gasteiger partial charge in [0.1, 0.15) is 0 Å². The Kier molecular flexibility index (Phi) is 6.41. The molecule has 1 atom stereocenters. The quantitative estimate of drug-likeness (QED) is 0.479. The van der Waals surface area contributed by atoms with E-state index in [4.69, 9.17) is 5.11 Å². The lowest BCUT2D eigenvalue weighted by molar-refractivity contribution is -0.146. The van der Waals surface area contributed by atoms with Gasteiger partial charge in [0.05, 0.1) is 11.5 Å². The van der Waals surface area contributed by atoms with E-state index in [1.165, 1.54) is 11.9 Å². The zero-order valence-corrected chi connectivity index (χ0v) is 12.5. The van der Waals surface area contributed by atoms with Gasteiger partial charge < -0.3 is 15.3 Å². The molecular formula is C12H22N2O5S. The zero-order valence-electron chi connectivity index (χ0n) is 11.7. The molecule has 0 spiro atoms.